The molecule has 11 heavy (non-hydrogen) atoms. The number of rotatable bonds is 3. The van der Waals surface area contributed by atoms with E-state index in [0.29, 0.717) is 24.2 Å². The minimum atomic E-state index is 0.352. The Morgan fingerprint density at radius 3 is 2.82 bits per heavy atom. The van der Waals surface area contributed by atoms with E-state index in [1.807, 2.05) is 0 Å². The first-order valence-electron chi connectivity index (χ1n) is 3.15. The van der Waals surface area contributed by atoms with E-state index >= 15 is 0 Å². The number of halogens is 1. The third kappa shape index (κ3) is 2.69. The largest absolute Gasteiger partial charge is 0.475 e. The van der Waals surface area contributed by atoms with Gasteiger partial charge in [-0.1, -0.05) is 11.6 Å². The average molecular weight is 174 g/mol. The van der Waals surface area contributed by atoms with Gasteiger partial charge in [0.25, 0.3) is 0 Å². The monoisotopic (exact) mass is 173 g/mol. The molecule has 0 amide bonds. The highest BCUT2D eigenvalue weighted by Crippen LogP contribution is 2.07. The van der Waals surface area contributed by atoms with Crippen LogP contribution in [-0.2, 0) is 0 Å². The molecule has 1 rings (SSSR count). The fourth-order valence-corrected chi connectivity index (χ4v) is 0.645. The van der Waals surface area contributed by atoms with Crippen LogP contribution in [0, 0.1) is 0 Å². The number of ether oxygens (including phenoxy) is 1. The van der Waals surface area contributed by atoms with Gasteiger partial charge in [0.15, 0.2) is 5.15 Å². The Labute approximate surface area is 69.3 Å². The van der Waals surface area contributed by atoms with Crippen LogP contribution < -0.4 is 10.5 Å². The number of nitrogens with zero attached hydrogens (tertiary/aromatic N) is 2. The van der Waals surface area contributed by atoms with Crippen molar-refractivity contribution in [3.8, 4) is 5.88 Å². The van der Waals surface area contributed by atoms with E-state index in [2.05, 4.69) is 10.2 Å². The zero-order chi connectivity index (χ0) is 8.10. The van der Waals surface area contributed by atoms with Crippen LogP contribution in [-0.4, -0.2) is 23.3 Å². The molecule has 1 aromatic heterocycles. The molecule has 4 nitrogen and oxygen atoms in total. The summed E-state index contributed by atoms with van der Waals surface area (Å²) in [5.41, 5.74) is 5.21. The van der Waals surface area contributed by atoms with Crippen molar-refractivity contribution in [3.63, 3.8) is 0 Å². The van der Waals surface area contributed by atoms with Crippen LogP contribution in [0.4, 0.5) is 0 Å². The van der Waals surface area contributed by atoms with Gasteiger partial charge in [-0.15, -0.1) is 10.2 Å². The average Bonchev–Trinajstić information content (AvgIpc) is 2.04. The Morgan fingerprint density at radius 2 is 2.27 bits per heavy atom. The lowest BCUT2D eigenvalue weighted by atomic mass is 10.6. The van der Waals surface area contributed by atoms with Crippen LogP contribution in [0.2, 0.25) is 5.15 Å². The van der Waals surface area contributed by atoms with E-state index in [0.717, 1.165) is 0 Å². The van der Waals surface area contributed by atoms with E-state index in [1.165, 1.54) is 0 Å². The van der Waals surface area contributed by atoms with Crippen LogP contribution in [0.5, 0.6) is 5.88 Å². The van der Waals surface area contributed by atoms with Gasteiger partial charge in [0.05, 0.1) is 0 Å². The molecule has 5 heteroatoms. The van der Waals surface area contributed by atoms with E-state index in [1.54, 1.807) is 12.1 Å². The lowest BCUT2D eigenvalue weighted by Gasteiger charge is -2.00. The summed E-state index contributed by atoms with van der Waals surface area (Å²) < 4.78 is 5.05. The Hall–Kier alpha value is -0.870. The maximum Gasteiger partial charge on any atom is 0.233 e. The Morgan fingerprint density at radius 1 is 1.45 bits per heavy atom. The summed E-state index contributed by atoms with van der Waals surface area (Å²) in [6, 6.07) is 3.26. The molecular formula is C6H8ClN3O. The molecular weight excluding hydrogens is 166 g/mol. The molecule has 0 saturated carbocycles. The summed E-state index contributed by atoms with van der Waals surface area (Å²) in [6.45, 7) is 0.903. The highest BCUT2D eigenvalue weighted by Gasteiger charge is 1.94. The van der Waals surface area contributed by atoms with Crippen LogP contribution >= 0.6 is 11.6 Å². The molecule has 0 unspecified atom stereocenters. The van der Waals surface area contributed by atoms with E-state index in [-0.39, 0.29) is 0 Å². The van der Waals surface area contributed by atoms with Gasteiger partial charge >= 0.3 is 0 Å². The van der Waals surface area contributed by atoms with Gasteiger partial charge in [-0.25, -0.2) is 0 Å². The maximum absolute atomic E-state index is 5.49. The van der Waals surface area contributed by atoms with Crippen molar-refractivity contribution in [3.05, 3.63) is 17.3 Å². The number of hydrogen-bond acceptors (Lipinski definition) is 4. The zero-order valence-corrected chi connectivity index (χ0v) is 6.58. The predicted molar refractivity (Wildman–Crippen MR) is 41.6 cm³/mol. The SMILES string of the molecule is NCCOc1ccc(Cl)nn1. The Kier molecular flexibility index (Phi) is 3.07. The highest BCUT2D eigenvalue weighted by molar-refractivity contribution is 6.29. The summed E-state index contributed by atoms with van der Waals surface area (Å²) in [6.07, 6.45) is 0. The van der Waals surface area contributed by atoms with Crippen LogP contribution in [0.1, 0.15) is 0 Å². The third-order valence-corrected chi connectivity index (χ3v) is 1.18. The second-order valence-corrected chi connectivity index (χ2v) is 2.22. The summed E-state index contributed by atoms with van der Waals surface area (Å²) in [4.78, 5) is 0. The molecule has 0 aliphatic heterocycles. The molecule has 0 aliphatic rings. The Balaban J connectivity index is 2.52. The van der Waals surface area contributed by atoms with Crippen molar-refractivity contribution in [1.82, 2.24) is 10.2 Å². The normalized spacial score (nSPS) is 9.64. The quantitative estimate of drug-likeness (QED) is 0.722. The number of hydrogen-bond donors (Lipinski definition) is 1. The molecule has 0 atom stereocenters. The lowest BCUT2D eigenvalue weighted by Crippen LogP contribution is -2.11. The lowest BCUT2D eigenvalue weighted by molar-refractivity contribution is 0.312. The second kappa shape index (κ2) is 4.10. The standard InChI is InChI=1S/C6H8ClN3O/c7-5-1-2-6(10-9-5)11-4-3-8/h1-2H,3-4,8H2. The molecule has 0 fully saturated rings. The predicted octanol–water partition coefficient (Wildman–Crippen LogP) is 0.467. The van der Waals surface area contributed by atoms with Gasteiger partial charge in [-0.3, -0.25) is 0 Å². The third-order valence-electron chi connectivity index (χ3n) is 0.975. The van der Waals surface area contributed by atoms with Crippen LogP contribution in [0.3, 0.4) is 0 Å². The van der Waals surface area contributed by atoms with Gasteiger partial charge in [0.2, 0.25) is 5.88 Å². The topological polar surface area (TPSA) is 61.0 Å². The van der Waals surface area contributed by atoms with Crippen molar-refractivity contribution in [2.45, 2.75) is 0 Å². The minimum absolute atomic E-state index is 0.352. The molecule has 60 valence electrons. The number of aromatic nitrogens is 2. The van der Waals surface area contributed by atoms with Crippen molar-refractivity contribution in [2.75, 3.05) is 13.2 Å². The highest BCUT2D eigenvalue weighted by atomic mass is 35.5. The second-order valence-electron chi connectivity index (χ2n) is 1.83. The molecule has 2 N–H and O–H groups in total. The van der Waals surface area contributed by atoms with Crippen LogP contribution in [0.25, 0.3) is 0 Å². The minimum Gasteiger partial charge on any atom is -0.475 e. The van der Waals surface area contributed by atoms with Gasteiger partial charge in [-0.2, -0.15) is 0 Å². The van der Waals surface area contributed by atoms with Gasteiger partial charge in [0, 0.05) is 12.6 Å². The van der Waals surface area contributed by atoms with E-state index in [4.69, 9.17) is 22.1 Å². The summed E-state index contributed by atoms with van der Waals surface area (Å²) in [5.74, 6) is 0.444. The van der Waals surface area contributed by atoms with Gasteiger partial charge < -0.3 is 10.5 Å². The van der Waals surface area contributed by atoms with E-state index in [9.17, 15) is 0 Å². The van der Waals surface area contributed by atoms with Crippen molar-refractivity contribution >= 4 is 11.6 Å². The molecule has 0 bridgehead atoms. The first kappa shape index (κ1) is 8.23. The van der Waals surface area contributed by atoms with E-state index < -0.39 is 0 Å². The Bertz CT molecular complexity index is 214. The molecule has 0 saturated heterocycles. The van der Waals surface area contributed by atoms with Crippen molar-refractivity contribution in [2.24, 2.45) is 5.73 Å². The maximum atomic E-state index is 5.49. The zero-order valence-electron chi connectivity index (χ0n) is 5.83. The van der Waals surface area contributed by atoms with Gasteiger partial charge in [0.1, 0.15) is 6.61 Å². The number of nitrogens with two attached hydrogens (primary N) is 1. The first-order valence-corrected chi connectivity index (χ1v) is 3.53. The fourth-order valence-electron chi connectivity index (χ4n) is 0.544. The molecule has 0 spiro atoms. The summed E-state index contributed by atoms with van der Waals surface area (Å²) >= 11 is 5.49. The molecule has 0 aliphatic carbocycles. The smallest absolute Gasteiger partial charge is 0.233 e. The molecule has 0 radical (unpaired) electrons. The van der Waals surface area contributed by atoms with Crippen molar-refractivity contribution < 1.29 is 4.74 Å². The van der Waals surface area contributed by atoms with Gasteiger partial charge in [-0.05, 0) is 6.07 Å². The fraction of sp³-hybridized carbons (Fsp3) is 0.333. The molecule has 1 heterocycles. The molecule has 0 aromatic carbocycles. The molecule has 1 aromatic rings. The summed E-state index contributed by atoms with van der Waals surface area (Å²) in [7, 11) is 0. The van der Waals surface area contributed by atoms with Crippen molar-refractivity contribution in [1.29, 1.82) is 0 Å². The summed E-state index contributed by atoms with van der Waals surface area (Å²) in [5, 5.41) is 7.59. The first-order chi connectivity index (χ1) is 5.33. The van der Waals surface area contributed by atoms with Crippen LogP contribution in [0.15, 0.2) is 12.1 Å².